The number of aliphatic hydroxyl groups is 1. The summed E-state index contributed by atoms with van der Waals surface area (Å²) in [7, 11) is 1.85. The Hall–Kier alpha value is -1.83. The molecule has 216 valence electrons. The van der Waals surface area contributed by atoms with Crippen molar-refractivity contribution in [1.29, 1.82) is 0 Å². The number of amides is 3. The number of hydrogen-bond donors (Lipinski definition) is 4. The third-order valence-electron chi connectivity index (χ3n) is 7.84. The lowest BCUT2D eigenvalue weighted by molar-refractivity contribution is -0.121. The fourth-order valence-electron chi connectivity index (χ4n) is 5.57. The molecule has 0 bridgehead atoms. The number of likely N-dealkylation sites (N-methyl/N-ethyl adjacent to an activating group) is 1. The molecule has 7 nitrogen and oxygen atoms in total. The van der Waals surface area contributed by atoms with Crippen LogP contribution in [0.2, 0.25) is 5.02 Å². The van der Waals surface area contributed by atoms with Gasteiger partial charge in [-0.05, 0) is 69.7 Å². The van der Waals surface area contributed by atoms with Crippen LogP contribution in [0, 0.1) is 11.8 Å². The molecule has 1 aliphatic heterocycles. The second-order valence-corrected chi connectivity index (χ2v) is 11.4. The molecule has 4 N–H and O–H groups in total. The lowest BCUT2D eigenvalue weighted by Crippen LogP contribution is -2.51. The molecule has 1 aliphatic carbocycles. The minimum Gasteiger partial charge on any atom is -0.385 e. The van der Waals surface area contributed by atoms with E-state index in [-0.39, 0.29) is 17.9 Å². The molecule has 2 fully saturated rings. The summed E-state index contributed by atoms with van der Waals surface area (Å²) in [6.07, 6.45) is 11.5. The number of likely N-dealkylation sites (tertiary alicyclic amines) is 1. The van der Waals surface area contributed by atoms with Gasteiger partial charge in [0.15, 0.2) is 0 Å². The van der Waals surface area contributed by atoms with Crippen LogP contribution >= 0.6 is 11.6 Å². The molecule has 1 saturated heterocycles. The van der Waals surface area contributed by atoms with Crippen LogP contribution in [-0.4, -0.2) is 61.7 Å². The molecule has 1 aromatic rings. The van der Waals surface area contributed by atoms with Gasteiger partial charge in [-0.3, -0.25) is 4.79 Å². The first-order valence-corrected chi connectivity index (χ1v) is 15.1. The Morgan fingerprint density at radius 2 is 1.84 bits per heavy atom. The maximum atomic E-state index is 12.6. The number of halogens is 1. The monoisotopic (exact) mass is 550 g/mol. The smallest absolute Gasteiger partial charge is 0.317 e. The second-order valence-electron chi connectivity index (χ2n) is 11.0. The number of nitrogens with zero attached hydrogens (tertiary/aromatic N) is 1. The highest BCUT2D eigenvalue weighted by atomic mass is 35.5. The van der Waals surface area contributed by atoms with E-state index in [1.807, 2.05) is 32.2 Å². The average molecular weight is 551 g/mol. The summed E-state index contributed by atoms with van der Waals surface area (Å²) in [4.78, 5) is 26.1. The molecule has 0 aromatic heterocycles. The zero-order valence-corrected chi connectivity index (χ0v) is 24.6. The number of unbranched alkanes of at least 4 members (excludes halogenated alkanes) is 1. The first-order chi connectivity index (χ1) is 18.3. The summed E-state index contributed by atoms with van der Waals surface area (Å²) in [6.45, 7) is 7.34. The lowest BCUT2D eigenvalue weighted by Gasteiger charge is -2.43. The fourth-order valence-corrected chi connectivity index (χ4v) is 5.76. The van der Waals surface area contributed by atoms with Crippen molar-refractivity contribution in [2.75, 3.05) is 39.8 Å². The van der Waals surface area contributed by atoms with Crippen molar-refractivity contribution in [3.8, 4) is 0 Å². The van der Waals surface area contributed by atoms with Crippen molar-refractivity contribution in [3.63, 3.8) is 0 Å². The SMILES string of the molecule is CC1CCCCC1.CCNC(=O)CCCCC(O)(c1cccc(Cl)c1)C1CCCN(C(=O)NCCNC)C1. The quantitative estimate of drug-likeness (QED) is 0.275. The third-order valence-corrected chi connectivity index (χ3v) is 8.07. The van der Waals surface area contributed by atoms with Crippen LogP contribution in [0.4, 0.5) is 4.79 Å². The molecule has 8 heteroatoms. The third kappa shape index (κ3) is 11.1. The molecule has 2 atom stereocenters. The number of carbonyl (C=O) groups is 2. The predicted octanol–water partition coefficient (Wildman–Crippen LogP) is 5.45. The van der Waals surface area contributed by atoms with Crippen molar-refractivity contribution in [1.82, 2.24) is 20.9 Å². The van der Waals surface area contributed by atoms with E-state index < -0.39 is 5.60 Å². The Kier molecular flexibility index (Phi) is 15.1. The molecule has 1 heterocycles. The summed E-state index contributed by atoms with van der Waals surface area (Å²) in [5.74, 6) is 0.976. The second kappa shape index (κ2) is 17.7. The number of nitrogens with one attached hydrogen (secondary N) is 3. The normalized spacial score (nSPS) is 19.6. The van der Waals surface area contributed by atoms with Gasteiger partial charge in [0.1, 0.15) is 0 Å². The van der Waals surface area contributed by atoms with Crippen LogP contribution in [-0.2, 0) is 10.4 Å². The Balaban J connectivity index is 0.000000624. The van der Waals surface area contributed by atoms with Gasteiger partial charge >= 0.3 is 6.03 Å². The molecule has 2 aliphatic rings. The van der Waals surface area contributed by atoms with Crippen molar-refractivity contribution in [3.05, 3.63) is 34.9 Å². The minimum atomic E-state index is -1.10. The van der Waals surface area contributed by atoms with Gasteiger partial charge in [-0.2, -0.15) is 0 Å². The maximum Gasteiger partial charge on any atom is 0.317 e. The van der Waals surface area contributed by atoms with E-state index in [2.05, 4.69) is 22.9 Å². The summed E-state index contributed by atoms with van der Waals surface area (Å²) >= 11 is 6.23. The van der Waals surface area contributed by atoms with Crippen molar-refractivity contribution < 1.29 is 14.7 Å². The van der Waals surface area contributed by atoms with Crippen LogP contribution in [0.3, 0.4) is 0 Å². The van der Waals surface area contributed by atoms with Crippen molar-refractivity contribution >= 4 is 23.5 Å². The van der Waals surface area contributed by atoms with E-state index in [9.17, 15) is 14.7 Å². The van der Waals surface area contributed by atoms with E-state index in [0.29, 0.717) is 63.4 Å². The maximum absolute atomic E-state index is 12.6. The number of carbonyl (C=O) groups excluding carboxylic acids is 2. The number of hydrogen-bond acceptors (Lipinski definition) is 4. The first-order valence-electron chi connectivity index (χ1n) is 14.7. The summed E-state index contributed by atoms with van der Waals surface area (Å²) in [5, 5.41) is 21.2. The topological polar surface area (TPSA) is 93.7 Å². The molecule has 0 spiro atoms. The molecule has 0 radical (unpaired) electrons. The van der Waals surface area contributed by atoms with E-state index in [4.69, 9.17) is 11.6 Å². The van der Waals surface area contributed by atoms with Crippen LogP contribution in [0.1, 0.15) is 90.0 Å². The molecule has 3 rings (SSSR count). The summed E-state index contributed by atoms with van der Waals surface area (Å²) < 4.78 is 0. The molecular weight excluding hydrogens is 500 g/mol. The van der Waals surface area contributed by atoms with Gasteiger partial charge in [-0.15, -0.1) is 0 Å². The highest BCUT2D eigenvalue weighted by molar-refractivity contribution is 6.30. The highest BCUT2D eigenvalue weighted by Crippen LogP contribution is 2.40. The molecule has 1 saturated carbocycles. The zero-order chi connectivity index (χ0) is 27.8. The molecule has 1 aromatic carbocycles. The zero-order valence-electron chi connectivity index (χ0n) is 23.9. The lowest BCUT2D eigenvalue weighted by atomic mass is 9.74. The number of piperidine rings is 1. The Morgan fingerprint density at radius 1 is 1.08 bits per heavy atom. The van der Waals surface area contributed by atoms with Gasteiger partial charge in [0.2, 0.25) is 5.91 Å². The van der Waals surface area contributed by atoms with Crippen LogP contribution in [0.15, 0.2) is 24.3 Å². The van der Waals surface area contributed by atoms with E-state index in [1.165, 1.54) is 32.1 Å². The Labute approximate surface area is 235 Å². The Bertz CT molecular complexity index is 833. The first kappa shape index (κ1) is 32.4. The van der Waals surface area contributed by atoms with Crippen LogP contribution in [0.5, 0.6) is 0 Å². The van der Waals surface area contributed by atoms with Crippen LogP contribution in [0.25, 0.3) is 0 Å². The average Bonchev–Trinajstić information content (AvgIpc) is 2.92. The standard InChI is InChI=1S/C23H37ClN4O3.C7H14/c1-3-26-21(29)11-4-5-12-23(31,18-8-6-10-20(24)16-18)19-9-7-15-28(17-19)22(30)27-14-13-25-2;1-7-5-3-2-4-6-7/h6,8,10,16,19,25,31H,3-5,7,9,11-15,17H2,1-2H3,(H,26,29)(H,27,30);7H,2-6H2,1H3. The highest BCUT2D eigenvalue weighted by Gasteiger charge is 2.41. The van der Waals surface area contributed by atoms with E-state index in [1.54, 1.807) is 11.0 Å². The molecule has 2 unspecified atom stereocenters. The van der Waals surface area contributed by atoms with Crippen LogP contribution < -0.4 is 16.0 Å². The largest absolute Gasteiger partial charge is 0.385 e. The van der Waals surface area contributed by atoms with Crippen molar-refractivity contribution in [2.45, 2.75) is 90.1 Å². The molecular formula is C30H51ClN4O3. The van der Waals surface area contributed by atoms with Gasteiger partial charge in [0.25, 0.3) is 0 Å². The number of urea groups is 1. The van der Waals surface area contributed by atoms with Gasteiger partial charge in [-0.1, -0.05) is 62.8 Å². The summed E-state index contributed by atoms with van der Waals surface area (Å²) in [6, 6.07) is 7.27. The number of benzene rings is 1. The van der Waals surface area contributed by atoms with Gasteiger partial charge in [0, 0.05) is 50.1 Å². The van der Waals surface area contributed by atoms with Gasteiger partial charge in [-0.25, -0.2) is 4.79 Å². The molecule has 38 heavy (non-hydrogen) atoms. The summed E-state index contributed by atoms with van der Waals surface area (Å²) in [5.41, 5.74) is -0.323. The van der Waals surface area contributed by atoms with Gasteiger partial charge in [0.05, 0.1) is 5.60 Å². The number of rotatable bonds is 11. The molecule has 3 amide bonds. The fraction of sp³-hybridized carbons (Fsp3) is 0.733. The minimum absolute atomic E-state index is 0.0378. The van der Waals surface area contributed by atoms with E-state index >= 15 is 0 Å². The van der Waals surface area contributed by atoms with Gasteiger partial charge < -0.3 is 26.0 Å². The van der Waals surface area contributed by atoms with Crippen molar-refractivity contribution in [2.24, 2.45) is 11.8 Å². The predicted molar refractivity (Wildman–Crippen MR) is 156 cm³/mol. The van der Waals surface area contributed by atoms with E-state index in [0.717, 1.165) is 24.3 Å². The Morgan fingerprint density at radius 3 is 2.47 bits per heavy atom.